The molecule has 0 saturated carbocycles. The van der Waals surface area contributed by atoms with Crippen molar-refractivity contribution in [3.05, 3.63) is 84.4 Å². The van der Waals surface area contributed by atoms with Gasteiger partial charge in [-0.15, -0.1) is 5.11 Å². The first-order valence-corrected chi connectivity index (χ1v) is 16.9. The van der Waals surface area contributed by atoms with Crippen molar-refractivity contribution in [2.24, 2.45) is 20.5 Å². The monoisotopic (exact) mass is 675 g/mol. The Morgan fingerprint density at radius 1 is 0.729 bits per heavy atom. The number of esters is 2. The van der Waals surface area contributed by atoms with Crippen molar-refractivity contribution in [3.63, 3.8) is 0 Å². The lowest BCUT2D eigenvalue weighted by molar-refractivity contribution is -0.143. The van der Waals surface area contributed by atoms with Gasteiger partial charge in [0.05, 0.1) is 41.8 Å². The molecular formula is C37H46ClN5O5. The van der Waals surface area contributed by atoms with Gasteiger partial charge in [0, 0.05) is 30.8 Å². The Hall–Kier alpha value is -4.57. The van der Waals surface area contributed by atoms with Crippen LogP contribution in [-0.4, -0.2) is 44.8 Å². The molecule has 0 amide bonds. The summed E-state index contributed by atoms with van der Waals surface area (Å²) in [7, 11) is 0. The van der Waals surface area contributed by atoms with Crippen molar-refractivity contribution in [2.75, 3.05) is 37.8 Å². The molecule has 0 bridgehead atoms. The lowest BCUT2D eigenvalue weighted by atomic mass is 10.1. The first-order valence-electron chi connectivity index (χ1n) is 16.6. The molecule has 0 fully saturated rings. The highest BCUT2D eigenvalue weighted by Gasteiger charge is 2.06. The summed E-state index contributed by atoms with van der Waals surface area (Å²) in [5.41, 5.74) is 3.62. The van der Waals surface area contributed by atoms with Crippen molar-refractivity contribution in [1.29, 1.82) is 0 Å². The number of benzene rings is 3. The molecular weight excluding hydrogens is 630 g/mol. The number of azo groups is 2. The zero-order valence-electron chi connectivity index (χ0n) is 28.0. The number of carbonyl (C=O) groups is 2. The molecule has 0 heterocycles. The fourth-order valence-electron chi connectivity index (χ4n) is 4.55. The quantitative estimate of drug-likeness (QED) is 0.0453. The molecule has 3 aromatic carbocycles. The van der Waals surface area contributed by atoms with Crippen molar-refractivity contribution >= 4 is 52.0 Å². The van der Waals surface area contributed by atoms with E-state index >= 15 is 0 Å². The van der Waals surface area contributed by atoms with Gasteiger partial charge in [-0.05, 0) is 80.4 Å². The first kappa shape index (κ1) is 37.9. The number of hydrogen-bond donors (Lipinski definition) is 0. The van der Waals surface area contributed by atoms with E-state index in [1.807, 2.05) is 68.4 Å². The third-order valence-electron chi connectivity index (χ3n) is 7.30. The highest BCUT2D eigenvalue weighted by Crippen LogP contribution is 2.31. The molecule has 0 aromatic heterocycles. The van der Waals surface area contributed by atoms with E-state index in [0.29, 0.717) is 54.0 Å². The molecule has 48 heavy (non-hydrogen) atoms. The predicted molar refractivity (Wildman–Crippen MR) is 191 cm³/mol. The molecule has 3 rings (SSSR count). The Kier molecular flexibility index (Phi) is 17.4. The van der Waals surface area contributed by atoms with Crippen LogP contribution in [0.3, 0.4) is 0 Å². The summed E-state index contributed by atoms with van der Waals surface area (Å²) in [6, 6.07) is 20.4. The van der Waals surface area contributed by atoms with E-state index < -0.39 is 5.97 Å². The number of halogens is 1. The van der Waals surface area contributed by atoms with Crippen LogP contribution in [0.2, 0.25) is 5.02 Å². The number of nitrogens with zero attached hydrogens (tertiary/aromatic N) is 5. The second-order valence-electron chi connectivity index (χ2n) is 10.9. The van der Waals surface area contributed by atoms with Crippen LogP contribution in [0, 0.1) is 0 Å². The summed E-state index contributed by atoms with van der Waals surface area (Å²) in [6.07, 6.45) is 9.19. The molecule has 10 nitrogen and oxygen atoms in total. The number of anilines is 1. The average Bonchev–Trinajstić information content (AvgIpc) is 3.11. The summed E-state index contributed by atoms with van der Waals surface area (Å²) in [4.78, 5) is 24.5. The molecule has 0 unspecified atom stereocenters. The van der Waals surface area contributed by atoms with Crippen LogP contribution in [0.1, 0.15) is 65.2 Å². The highest BCUT2D eigenvalue weighted by atomic mass is 35.5. The molecule has 0 saturated heterocycles. The zero-order chi connectivity index (χ0) is 34.4. The van der Waals surface area contributed by atoms with E-state index in [1.165, 1.54) is 6.42 Å². The van der Waals surface area contributed by atoms with Gasteiger partial charge in [-0.1, -0.05) is 57.2 Å². The summed E-state index contributed by atoms with van der Waals surface area (Å²) in [6.45, 7) is 10.1. The van der Waals surface area contributed by atoms with Crippen LogP contribution in [0.15, 0.2) is 99.8 Å². The van der Waals surface area contributed by atoms with Gasteiger partial charge in [0.2, 0.25) is 0 Å². The summed E-state index contributed by atoms with van der Waals surface area (Å²) >= 11 is 6.44. The molecule has 0 aliphatic heterocycles. The number of rotatable bonds is 22. The lowest BCUT2D eigenvalue weighted by Gasteiger charge is -2.22. The third kappa shape index (κ3) is 14.5. The molecule has 0 atom stereocenters. The van der Waals surface area contributed by atoms with Crippen LogP contribution < -0.4 is 9.64 Å². The fraction of sp³-hybridized carbons (Fsp3) is 0.405. The second kappa shape index (κ2) is 22.1. The van der Waals surface area contributed by atoms with Gasteiger partial charge < -0.3 is 19.1 Å². The normalized spacial score (nSPS) is 11.1. The molecule has 3 aromatic rings. The van der Waals surface area contributed by atoms with Crippen LogP contribution >= 0.6 is 11.6 Å². The molecule has 0 spiro atoms. The van der Waals surface area contributed by atoms with Crippen LogP contribution in [0.25, 0.3) is 0 Å². The van der Waals surface area contributed by atoms with E-state index in [4.69, 9.17) is 25.8 Å². The van der Waals surface area contributed by atoms with Crippen molar-refractivity contribution in [2.45, 2.75) is 65.2 Å². The van der Waals surface area contributed by atoms with Gasteiger partial charge in [0.15, 0.2) is 0 Å². The summed E-state index contributed by atoms with van der Waals surface area (Å²) < 4.78 is 16.0. The molecule has 11 heteroatoms. The maximum absolute atomic E-state index is 11.3. The molecule has 256 valence electrons. The van der Waals surface area contributed by atoms with E-state index in [-0.39, 0.29) is 12.6 Å². The number of ether oxygens (including phenoxy) is 3. The topological polar surface area (TPSA) is 115 Å². The number of likely N-dealkylation sites (N-methyl/N-ethyl adjacent to an activating group) is 1. The number of hydrogen-bond acceptors (Lipinski definition) is 10. The predicted octanol–water partition coefficient (Wildman–Crippen LogP) is 10.8. The van der Waals surface area contributed by atoms with E-state index in [9.17, 15) is 9.59 Å². The molecule has 0 radical (unpaired) electrons. The van der Waals surface area contributed by atoms with Gasteiger partial charge in [-0.2, -0.15) is 15.3 Å². The SMILES string of the molecule is C=CC(=O)OCCN(CC)c1ccc(N=Nc2ccc(N=Nc3ccc(OCCCCCCCCCOC(=O)CC)cc3Cl)cc2)cc1. The Balaban J connectivity index is 1.37. The first-order chi connectivity index (χ1) is 23.4. The van der Waals surface area contributed by atoms with Gasteiger partial charge in [0.25, 0.3) is 0 Å². The molecule has 0 N–H and O–H groups in total. The van der Waals surface area contributed by atoms with Crippen LogP contribution in [0.4, 0.5) is 28.4 Å². The smallest absolute Gasteiger partial charge is 0.330 e. The zero-order valence-corrected chi connectivity index (χ0v) is 28.7. The minimum absolute atomic E-state index is 0.123. The molecule has 0 aliphatic carbocycles. The van der Waals surface area contributed by atoms with Crippen molar-refractivity contribution in [3.8, 4) is 5.75 Å². The second-order valence-corrected chi connectivity index (χ2v) is 11.3. The number of carbonyl (C=O) groups excluding carboxylic acids is 2. The van der Waals surface area contributed by atoms with Gasteiger partial charge in [-0.3, -0.25) is 4.79 Å². The maximum Gasteiger partial charge on any atom is 0.330 e. The largest absolute Gasteiger partial charge is 0.494 e. The lowest BCUT2D eigenvalue weighted by Crippen LogP contribution is -2.27. The Labute approximate surface area is 288 Å². The summed E-state index contributed by atoms with van der Waals surface area (Å²) in [5, 5.41) is 17.7. The fourth-order valence-corrected chi connectivity index (χ4v) is 4.76. The van der Waals surface area contributed by atoms with Gasteiger partial charge in [-0.25, -0.2) is 4.79 Å². The maximum atomic E-state index is 11.3. The summed E-state index contributed by atoms with van der Waals surface area (Å²) in [5.74, 6) is 0.159. The highest BCUT2D eigenvalue weighted by molar-refractivity contribution is 6.33. The minimum atomic E-state index is -0.426. The van der Waals surface area contributed by atoms with E-state index in [2.05, 4.69) is 31.9 Å². The standard InChI is InChI=1S/C37H46ClN5O5/c1-4-36(44)47-26-13-11-9-7-8-10-12-25-46-33-22-23-35(34(38)28-33)42-41-30-16-14-29(15-17-30)39-40-31-18-20-32(21-19-31)43(6-3)24-27-48-37(45)5-2/h5,14-23,28H,2,4,6-13,24-27H2,1,3H3. The Bertz CT molecular complexity index is 1480. The van der Waals surface area contributed by atoms with E-state index in [0.717, 1.165) is 62.5 Å². The van der Waals surface area contributed by atoms with Gasteiger partial charge in [0.1, 0.15) is 18.0 Å². The molecule has 0 aliphatic rings. The number of unbranched alkanes of at least 4 members (excludes halogenated alkanes) is 6. The Morgan fingerprint density at radius 2 is 1.29 bits per heavy atom. The van der Waals surface area contributed by atoms with Crippen molar-refractivity contribution in [1.82, 2.24) is 0 Å². The van der Waals surface area contributed by atoms with Crippen molar-refractivity contribution < 1.29 is 23.8 Å². The van der Waals surface area contributed by atoms with E-state index in [1.54, 1.807) is 12.1 Å². The minimum Gasteiger partial charge on any atom is -0.494 e. The third-order valence-corrected chi connectivity index (χ3v) is 7.60. The van der Waals surface area contributed by atoms with Crippen LogP contribution in [0.5, 0.6) is 5.75 Å². The van der Waals surface area contributed by atoms with Crippen LogP contribution in [-0.2, 0) is 19.1 Å². The van der Waals surface area contributed by atoms with Gasteiger partial charge >= 0.3 is 11.9 Å². The average molecular weight is 676 g/mol. The Morgan fingerprint density at radius 3 is 1.85 bits per heavy atom.